The van der Waals surface area contributed by atoms with Gasteiger partial charge in [-0.2, -0.15) is 0 Å². The summed E-state index contributed by atoms with van der Waals surface area (Å²) in [6.45, 7) is 11.2. The molecule has 0 bridgehead atoms. The van der Waals surface area contributed by atoms with Crippen LogP contribution in [-0.4, -0.2) is 28.9 Å². The number of aromatic hydroxyl groups is 1. The van der Waals surface area contributed by atoms with Crippen molar-refractivity contribution in [1.82, 2.24) is 0 Å². The summed E-state index contributed by atoms with van der Waals surface area (Å²) in [5, 5.41) is 9.29. The zero-order valence-corrected chi connectivity index (χ0v) is 18.0. The van der Waals surface area contributed by atoms with Gasteiger partial charge in [-0.3, -0.25) is 4.79 Å². The van der Waals surface area contributed by atoms with Crippen LogP contribution < -0.4 is 5.73 Å². The number of phenols is 1. The van der Waals surface area contributed by atoms with Crippen LogP contribution in [0, 0.1) is 0 Å². The van der Waals surface area contributed by atoms with Crippen molar-refractivity contribution in [2.45, 2.75) is 78.9 Å². The SMILES string of the molecule is CC(C)(C)OC(N)=O.CCCCC(C)OC(=O)CC.Oc1cccc(Cl)c1. The molecule has 6 nitrogen and oxygen atoms in total. The number of hydrogen-bond acceptors (Lipinski definition) is 5. The molecule has 1 rings (SSSR count). The largest absolute Gasteiger partial charge is 0.508 e. The van der Waals surface area contributed by atoms with Crippen LogP contribution in [0.3, 0.4) is 0 Å². The molecule has 0 aliphatic carbocycles. The van der Waals surface area contributed by atoms with E-state index in [2.05, 4.69) is 11.7 Å². The third-order valence-corrected chi connectivity index (χ3v) is 3.04. The molecule has 27 heavy (non-hydrogen) atoms. The molecule has 7 heteroatoms. The third kappa shape index (κ3) is 22.0. The molecule has 3 N–H and O–H groups in total. The molecular formula is C20H34ClNO5. The van der Waals surface area contributed by atoms with Crippen molar-refractivity contribution >= 4 is 23.7 Å². The summed E-state index contributed by atoms with van der Waals surface area (Å²) in [7, 11) is 0. The predicted octanol–water partition coefficient (Wildman–Crippen LogP) is 5.44. The number of unbranched alkanes of at least 4 members (excludes halogenated alkanes) is 1. The van der Waals surface area contributed by atoms with Crippen molar-refractivity contribution in [3.63, 3.8) is 0 Å². The number of nitrogens with two attached hydrogens (primary N) is 1. The number of halogens is 1. The van der Waals surface area contributed by atoms with Crippen LogP contribution >= 0.6 is 11.6 Å². The number of primary amides is 1. The van der Waals surface area contributed by atoms with Gasteiger partial charge in [-0.15, -0.1) is 0 Å². The first-order valence-corrected chi connectivity index (χ1v) is 9.41. The lowest BCUT2D eigenvalue weighted by Crippen LogP contribution is -2.27. The number of esters is 1. The second-order valence-electron chi connectivity index (χ2n) is 6.81. The Balaban J connectivity index is 0. The summed E-state index contributed by atoms with van der Waals surface area (Å²) in [5.41, 5.74) is 4.26. The third-order valence-electron chi connectivity index (χ3n) is 2.80. The van der Waals surface area contributed by atoms with E-state index < -0.39 is 11.7 Å². The number of rotatable bonds is 5. The van der Waals surface area contributed by atoms with E-state index in [9.17, 15) is 9.59 Å². The van der Waals surface area contributed by atoms with Crippen molar-refractivity contribution < 1.29 is 24.2 Å². The van der Waals surface area contributed by atoms with E-state index in [-0.39, 0.29) is 17.8 Å². The van der Waals surface area contributed by atoms with Crippen molar-refractivity contribution in [2.75, 3.05) is 0 Å². The Bertz CT molecular complexity index is 526. The fourth-order valence-corrected chi connectivity index (χ4v) is 1.82. The smallest absolute Gasteiger partial charge is 0.405 e. The highest BCUT2D eigenvalue weighted by Crippen LogP contribution is 2.14. The molecular weight excluding hydrogens is 370 g/mol. The number of benzene rings is 1. The number of ether oxygens (including phenoxy) is 2. The van der Waals surface area contributed by atoms with E-state index in [0.717, 1.165) is 19.3 Å². The van der Waals surface area contributed by atoms with Gasteiger partial charge in [0.25, 0.3) is 0 Å². The Morgan fingerprint density at radius 3 is 2.15 bits per heavy atom. The van der Waals surface area contributed by atoms with E-state index in [4.69, 9.17) is 27.2 Å². The van der Waals surface area contributed by atoms with E-state index in [1.54, 1.807) is 39.0 Å². The lowest BCUT2D eigenvalue weighted by molar-refractivity contribution is -0.148. The minimum atomic E-state index is -0.725. The fraction of sp³-hybridized carbons (Fsp3) is 0.600. The van der Waals surface area contributed by atoms with E-state index >= 15 is 0 Å². The molecule has 1 aromatic carbocycles. The Labute approximate surface area is 168 Å². The molecule has 0 fully saturated rings. The number of phenolic OH excluding ortho intramolecular Hbond substituents is 1. The van der Waals surface area contributed by atoms with Crippen LogP contribution in [0.15, 0.2) is 24.3 Å². The van der Waals surface area contributed by atoms with Crippen LogP contribution in [0.4, 0.5) is 4.79 Å². The molecule has 156 valence electrons. The van der Waals surface area contributed by atoms with Gasteiger partial charge in [-0.25, -0.2) is 4.79 Å². The average Bonchev–Trinajstić information content (AvgIpc) is 2.51. The van der Waals surface area contributed by atoms with Crippen LogP contribution in [0.5, 0.6) is 5.75 Å². The van der Waals surface area contributed by atoms with E-state index in [1.165, 1.54) is 6.07 Å². The topological polar surface area (TPSA) is 98.9 Å². The van der Waals surface area contributed by atoms with Crippen LogP contribution in [-0.2, 0) is 14.3 Å². The van der Waals surface area contributed by atoms with Gasteiger partial charge in [-0.05, 0) is 52.3 Å². The van der Waals surface area contributed by atoms with Gasteiger partial charge in [0.05, 0.1) is 6.10 Å². The second kappa shape index (κ2) is 15.1. The van der Waals surface area contributed by atoms with E-state index in [1.807, 2.05) is 13.8 Å². The minimum absolute atomic E-state index is 0.0893. The average molecular weight is 404 g/mol. The first-order chi connectivity index (χ1) is 12.4. The number of carbonyl (C=O) groups is 2. The summed E-state index contributed by atoms with van der Waals surface area (Å²) >= 11 is 5.48. The van der Waals surface area contributed by atoms with Gasteiger partial charge < -0.3 is 20.3 Å². The highest BCUT2D eigenvalue weighted by molar-refractivity contribution is 6.30. The van der Waals surface area contributed by atoms with Crippen molar-refractivity contribution in [1.29, 1.82) is 0 Å². The first-order valence-electron chi connectivity index (χ1n) is 9.03. The van der Waals surface area contributed by atoms with Gasteiger partial charge in [0.1, 0.15) is 11.4 Å². The standard InChI is InChI=1S/C9H18O2.C6H5ClO.C5H11NO2/c1-4-6-7-8(3)11-9(10)5-2;7-5-2-1-3-6(8)4-5;1-5(2,3)8-4(6)7/h8H,4-7H2,1-3H3;1-4,8H;1-3H3,(H2,6,7). The highest BCUT2D eigenvalue weighted by Gasteiger charge is 2.12. The maximum Gasteiger partial charge on any atom is 0.405 e. The number of carbonyl (C=O) groups excluding carboxylic acids is 2. The lowest BCUT2D eigenvalue weighted by atomic mass is 10.2. The maximum absolute atomic E-state index is 10.8. The molecule has 0 heterocycles. The molecule has 0 spiro atoms. The van der Waals surface area contributed by atoms with Crippen molar-refractivity contribution in [3.05, 3.63) is 29.3 Å². The first kappa shape index (κ1) is 27.3. The molecule has 1 aromatic rings. The summed E-state index contributed by atoms with van der Waals surface area (Å²) in [5.74, 6) is 0.117. The summed E-state index contributed by atoms with van der Waals surface area (Å²) in [6, 6.07) is 6.46. The Kier molecular flexibility index (Phi) is 15.3. The summed E-state index contributed by atoms with van der Waals surface area (Å²) in [4.78, 5) is 20.8. The molecule has 0 saturated carbocycles. The quantitative estimate of drug-likeness (QED) is 0.637. The zero-order valence-electron chi connectivity index (χ0n) is 17.3. The van der Waals surface area contributed by atoms with Gasteiger partial charge in [-0.1, -0.05) is 44.4 Å². The van der Waals surface area contributed by atoms with Crippen molar-refractivity contribution in [3.8, 4) is 5.75 Å². The molecule has 1 unspecified atom stereocenters. The van der Waals surface area contributed by atoms with Gasteiger partial charge in [0, 0.05) is 11.4 Å². The molecule has 0 saturated heterocycles. The second-order valence-corrected chi connectivity index (χ2v) is 7.25. The molecule has 1 atom stereocenters. The molecule has 0 radical (unpaired) electrons. The Hall–Kier alpha value is -1.95. The van der Waals surface area contributed by atoms with Crippen LogP contribution in [0.25, 0.3) is 0 Å². The number of hydrogen-bond donors (Lipinski definition) is 2. The van der Waals surface area contributed by atoms with Crippen LogP contribution in [0.1, 0.15) is 67.2 Å². The normalized spacial score (nSPS) is 11.1. The van der Waals surface area contributed by atoms with E-state index in [0.29, 0.717) is 11.4 Å². The highest BCUT2D eigenvalue weighted by atomic mass is 35.5. The zero-order chi connectivity index (χ0) is 21.5. The summed E-state index contributed by atoms with van der Waals surface area (Å²) < 4.78 is 9.64. The fourth-order valence-electron chi connectivity index (χ4n) is 1.64. The van der Waals surface area contributed by atoms with Gasteiger partial charge in [0.2, 0.25) is 0 Å². The maximum atomic E-state index is 10.8. The van der Waals surface area contributed by atoms with Crippen molar-refractivity contribution in [2.24, 2.45) is 5.73 Å². The Morgan fingerprint density at radius 1 is 1.26 bits per heavy atom. The van der Waals surface area contributed by atoms with Crippen LogP contribution in [0.2, 0.25) is 5.02 Å². The molecule has 0 aliphatic heterocycles. The summed E-state index contributed by atoms with van der Waals surface area (Å²) in [6.07, 6.45) is 3.14. The molecule has 0 aromatic heterocycles. The minimum Gasteiger partial charge on any atom is -0.508 e. The van der Waals surface area contributed by atoms with Gasteiger partial charge >= 0.3 is 12.1 Å². The molecule has 0 aliphatic rings. The lowest BCUT2D eigenvalue weighted by Gasteiger charge is -2.16. The Morgan fingerprint density at radius 2 is 1.85 bits per heavy atom. The monoisotopic (exact) mass is 403 g/mol. The van der Waals surface area contributed by atoms with Gasteiger partial charge in [0.15, 0.2) is 0 Å². The predicted molar refractivity (Wildman–Crippen MR) is 109 cm³/mol. The number of amides is 1. The molecule has 1 amide bonds.